The number of aromatic amines is 1. The number of H-pyrrole nitrogens is 1. The van der Waals surface area contributed by atoms with E-state index >= 15 is 0 Å². The van der Waals surface area contributed by atoms with Crippen molar-refractivity contribution in [3.63, 3.8) is 0 Å². The SMILES string of the molecule is CCc1nnc2n[nH]c(-c3ccccc3)c2c1Cl. The fraction of sp³-hybridized carbons (Fsp3) is 0.154. The number of halogens is 1. The van der Waals surface area contributed by atoms with Gasteiger partial charge < -0.3 is 0 Å². The summed E-state index contributed by atoms with van der Waals surface area (Å²) < 4.78 is 0. The highest BCUT2D eigenvalue weighted by Gasteiger charge is 2.15. The minimum atomic E-state index is 0.552. The topological polar surface area (TPSA) is 54.5 Å². The largest absolute Gasteiger partial charge is 0.275 e. The molecule has 0 saturated heterocycles. The van der Waals surface area contributed by atoms with E-state index in [0.29, 0.717) is 10.7 Å². The monoisotopic (exact) mass is 258 g/mol. The molecule has 3 rings (SSSR count). The zero-order chi connectivity index (χ0) is 12.5. The smallest absolute Gasteiger partial charge is 0.204 e. The maximum atomic E-state index is 6.38. The number of fused-ring (bicyclic) bond motifs is 1. The third kappa shape index (κ3) is 1.66. The molecule has 0 aliphatic heterocycles. The van der Waals surface area contributed by atoms with E-state index in [1.165, 1.54) is 0 Å². The Morgan fingerprint density at radius 1 is 1.17 bits per heavy atom. The second-order valence-corrected chi connectivity index (χ2v) is 4.36. The number of hydrogen-bond donors (Lipinski definition) is 1. The van der Waals surface area contributed by atoms with E-state index in [1.807, 2.05) is 37.3 Å². The Morgan fingerprint density at radius 2 is 1.94 bits per heavy atom. The molecule has 0 spiro atoms. The van der Waals surface area contributed by atoms with Crippen LogP contribution in [0.3, 0.4) is 0 Å². The minimum Gasteiger partial charge on any atom is -0.275 e. The highest BCUT2D eigenvalue weighted by molar-refractivity contribution is 6.36. The number of aryl methyl sites for hydroxylation is 1. The van der Waals surface area contributed by atoms with Crippen LogP contribution in [0.1, 0.15) is 12.6 Å². The Morgan fingerprint density at radius 3 is 2.67 bits per heavy atom. The summed E-state index contributed by atoms with van der Waals surface area (Å²) in [5.74, 6) is 0. The number of rotatable bonds is 2. The Labute approximate surface area is 109 Å². The van der Waals surface area contributed by atoms with Crippen molar-refractivity contribution >= 4 is 22.6 Å². The van der Waals surface area contributed by atoms with Crippen LogP contribution in [0.15, 0.2) is 30.3 Å². The third-order valence-corrected chi connectivity index (χ3v) is 3.29. The summed E-state index contributed by atoms with van der Waals surface area (Å²) in [6.45, 7) is 2.00. The number of nitrogens with one attached hydrogen (secondary N) is 1. The van der Waals surface area contributed by atoms with Crippen LogP contribution >= 0.6 is 11.6 Å². The van der Waals surface area contributed by atoms with E-state index < -0.39 is 0 Å². The molecule has 2 aromatic heterocycles. The van der Waals surface area contributed by atoms with Gasteiger partial charge >= 0.3 is 0 Å². The standard InChI is InChI=1S/C13H11ClN4/c1-2-9-11(14)10-12(8-6-4-3-5-7-8)16-18-13(10)17-15-9/h3-7H,2H2,1H3,(H,16,17,18). The van der Waals surface area contributed by atoms with Gasteiger partial charge in [-0.2, -0.15) is 10.2 Å². The first-order valence-electron chi connectivity index (χ1n) is 5.75. The van der Waals surface area contributed by atoms with Crippen molar-refractivity contribution in [2.24, 2.45) is 0 Å². The van der Waals surface area contributed by atoms with E-state index in [1.54, 1.807) is 0 Å². The summed E-state index contributed by atoms with van der Waals surface area (Å²) >= 11 is 6.38. The molecule has 1 aromatic carbocycles. The molecule has 4 nitrogen and oxygen atoms in total. The van der Waals surface area contributed by atoms with Crippen LogP contribution in [0, 0.1) is 0 Å². The molecule has 0 fully saturated rings. The summed E-state index contributed by atoms with van der Waals surface area (Å²) in [6, 6.07) is 9.95. The molecule has 3 aromatic rings. The second kappa shape index (κ2) is 4.38. The third-order valence-electron chi connectivity index (χ3n) is 2.88. The van der Waals surface area contributed by atoms with Gasteiger partial charge in [-0.3, -0.25) is 5.10 Å². The van der Waals surface area contributed by atoms with E-state index in [4.69, 9.17) is 11.6 Å². The Kier molecular flexibility index (Phi) is 2.72. The Bertz CT molecular complexity index is 691. The van der Waals surface area contributed by atoms with Crippen LogP contribution in [-0.2, 0) is 6.42 Å². The summed E-state index contributed by atoms with van der Waals surface area (Å²) in [5, 5.41) is 16.8. The number of hydrogen-bond acceptors (Lipinski definition) is 3. The lowest BCUT2D eigenvalue weighted by atomic mass is 10.1. The van der Waals surface area contributed by atoms with Crippen LogP contribution < -0.4 is 0 Å². The molecular formula is C13H11ClN4. The fourth-order valence-electron chi connectivity index (χ4n) is 1.95. The first kappa shape index (κ1) is 11.2. The van der Waals surface area contributed by atoms with Crippen LogP contribution in [0.25, 0.3) is 22.3 Å². The van der Waals surface area contributed by atoms with Crippen LogP contribution in [0.2, 0.25) is 5.02 Å². The maximum Gasteiger partial charge on any atom is 0.204 e. The molecule has 1 N–H and O–H groups in total. The van der Waals surface area contributed by atoms with E-state index in [-0.39, 0.29) is 0 Å². The average Bonchev–Trinajstić information content (AvgIpc) is 2.85. The Balaban J connectivity index is 2.31. The average molecular weight is 259 g/mol. The lowest BCUT2D eigenvalue weighted by molar-refractivity contribution is 0.932. The summed E-state index contributed by atoms with van der Waals surface area (Å²) in [7, 11) is 0. The molecule has 0 radical (unpaired) electrons. The van der Waals surface area contributed by atoms with Gasteiger partial charge in [0.05, 0.1) is 21.8 Å². The highest BCUT2D eigenvalue weighted by Crippen LogP contribution is 2.32. The van der Waals surface area contributed by atoms with Gasteiger partial charge in [0.1, 0.15) is 0 Å². The molecule has 0 unspecified atom stereocenters. The molecule has 0 saturated carbocycles. The summed E-state index contributed by atoms with van der Waals surface area (Å²) in [6.07, 6.45) is 0.751. The Hall–Kier alpha value is -1.94. The zero-order valence-electron chi connectivity index (χ0n) is 9.81. The van der Waals surface area contributed by atoms with Crippen LogP contribution in [0.5, 0.6) is 0 Å². The van der Waals surface area contributed by atoms with Crippen molar-refractivity contribution < 1.29 is 0 Å². The summed E-state index contributed by atoms with van der Waals surface area (Å²) in [4.78, 5) is 0. The molecule has 2 heterocycles. The van der Waals surface area contributed by atoms with Gasteiger partial charge in [0.2, 0.25) is 5.65 Å². The van der Waals surface area contributed by atoms with Crippen molar-refractivity contribution in [2.75, 3.05) is 0 Å². The first-order chi connectivity index (χ1) is 8.81. The van der Waals surface area contributed by atoms with Crippen molar-refractivity contribution in [1.29, 1.82) is 0 Å². The van der Waals surface area contributed by atoms with Gasteiger partial charge in [0, 0.05) is 5.56 Å². The van der Waals surface area contributed by atoms with Gasteiger partial charge in [-0.05, 0) is 6.42 Å². The van der Waals surface area contributed by atoms with Gasteiger partial charge in [-0.1, -0.05) is 48.9 Å². The second-order valence-electron chi connectivity index (χ2n) is 3.98. The molecule has 0 aliphatic carbocycles. The maximum absolute atomic E-state index is 6.38. The molecule has 0 atom stereocenters. The number of aromatic nitrogens is 4. The molecule has 0 amide bonds. The van der Waals surface area contributed by atoms with Gasteiger partial charge in [0.15, 0.2) is 0 Å². The zero-order valence-corrected chi connectivity index (χ0v) is 10.6. The molecule has 0 aliphatic rings. The van der Waals surface area contributed by atoms with Crippen LogP contribution in [-0.4, -0.2) is 20.4 Å². The molecule has 5 heteroatoms. The van der Waals surface area contributed by atoms with Crippen molar-refractivity contribution in [1.82, 2.24) is 20.4 Å². The lowest BCUT2D eigenvalue weighted by Crippen LogP contribution is -1.93. The predicted molar refractivity (Wildman–Crippen MR) is 71.5 cm³/mol. The van der Waals surface area contributed by atoms with E-state index in [2.05, 4.69) is 20.4 Å². The highest BCUT2D eigenvalue weighted by atomic mass is 35.5. The van der Waals surface area contributed by atoms with Gasteiger partial charge in [-0.15, -0.1) is 5.10 Å². The fourth-order valence-corrected chi connectivity index (χ4v) is 2.30. The predicted octanol–water partition coefficient (Wildman–Crippen LogP) is 3.24. The quantitative estimate of drug-likeness (QED) is 0.768. The van der Waals surface area contributed by atoms with E-state index in [9.17, 15) is 0 Å². The molecule has 0 bridgehead atoms. The molecular weight excluding hydrogens is 248 g/mol. The van der Waals surface area contributed by atoms with Gasteiger partial charge in [0.25, 0.3) is 0 Å². The molecule has 18 heavy (non-hydrogen) atoms. The normalized spacial score (nSPS) is 11.0. The van der Waals surface area contributed by atoms with Crippen molar-refractivity contribution in [3.8, 4) is 11.3 Å². The summed E-state index contributed by atoms with van der Waals surface area (Å²) in [5.41, 5.74) is 3.27. The van der Waals surface area contributed by atoms with E-state index in [0.717, 1.165) is 28.8 Å². The number of nitrogens with zero attached hydrogens (tertiary/aromatic N) is 3. The minimum absolute atomic E-state index is 0.552. The van der Waals surface area contributed by atoms with Gasteiger partial charge in [-0.25, -0.2) is 0 Å². The lowest BCUT2D eigenvalue weighted by Gasteiger charge is -2.02. The van der Waals surface area contributed by atoms with Crippen molar-refractivity contribution in [3.05, 3.63) is 41.0 Å². The van der Waals surface area contributed by atoms with Crippen LogP contribution in [0.4, 0.5) is 0 Å². The number of benzene rings is 1. The molecule has 90 valence electrons. The van der Waals surface area contributed by atoms with Crippen molar-refractivity contribution in [2.45, 2.75) is 13.3 Å². The first-order valence-corrected chi connectivity index (χ1v) is 6.13.